The molecule has 2 saturated heterocycles. The summed E-state index contributed by atoms with van der Waals surface area (Å²) >= 11 is 0. The Morgan fingerprint density at radius 2 is 1.91 bits per heavy atom. The topological polar surface area (TPSA) is 141 Å². The zero-order valence-corrected chi connectivity index (χ0v) is 18.9. The van der Waals surface area contributed by atoms with Gasteiger partial charge in [0.2, 0.25) is 11.8 Å². The normalized spacial score (nSPS) is 24.0. The zero-order chi connectivity index (χ0) is 23.3. The molecule has 0 saturated carbocycles. The number of hydrogen-bond acceptors (Lipinski definition) is 7. The van der Waals surface area contributed by atoms with Crippen molar-refractivity contribution < 1.29 is 23.1 Å². The SMILES string of the molecule is C[S+](=O)([O-])N1CCC(c2cn(-c3cccc4c3CN(C3CCC(=O)NC3=O)C4=O)nn2)CC1. The van der Waals surface area contributed by atoms with Gasteiger partial charge in [-0.25, -0.2) is 4.68 Å². The molecular weight excluding hydrogens is 448 g/mol. The molecule has 0 bridgehead atoms. The van der Waals surface area contributed by atoms with Crippen LogP contribution in [0.15, 0.2) is 24.4 Å². The van der Waals surface area contributed by atoms with Crippen molar-refractivity contribution in [2.24, 2.45) is 0 Å². The van der Waals surface area contributed by atoms with E-state index in [2.05, 4.69) is 15.6 Å². The van der Waals surface area contributed by atoms with E-state index in [1.54, 1.807) is 16.8 Å². The second-order valence-corrected chi connectivity index (χ2v) is 10.7. The maximum absolute atomic E-state index is 13.0. The number of carbonyl (C=O) groups excluding carboxylic acids is 3. The van der Waals surface area contributed by atoms with Crippen LogP contribution in [0, 0.1) is 0 Å². The number of aromatic nitrogens is 3. The summed E-state index contributed by atoms with van der Waals surface area (Å²) in [7, 11) is -3.19. The minimum atomic E-state index is -3.19. The first-order valence-electron chi connectivity index (χ1n) is 10.9. The number of hydrogen-bond donors (Lipinski definition) is 1. The third-order valence-electron chi connectivity index (χ3n) is 6.66. The third-order valence-corrected chi connectivity index (χ3v) is 7.96. The number of imide groups is 1. The van der Waals surface area contributed by atoms with E-state index in [-0.39, 0.29) is 30.7 Å². The van der Waals surface area contributed by atoms with Gasteiger partial charge < -0.3 is 9.45 Å². The van der Waals surface area contributed by atoms with Crippen LogP contribution in [-0.4, -0.2) is 71.9 Å². The standard InChI is InChI=1S/C21H24N6O5S/c1-33(31,32)25-9-7-13(8-10-25)16-12-27(24-23-16)17-4-2-3-14-15(17)11-26(21(14)30)18-5-6-19(28)22-20(18)29/h2-4,12-13,18H,5-11H2,1H3,(H-,22,28,29,31,32). The Labute approximate surface area is 191 Å². The summed E-state index contributed by atoms with van der Waals surface area (Å²) in [6, 6.07) is 4.67. The van der Waals surface area contributed by atoms with E-state index in [9.17, 15) is 23.1 Å². The lowest BCUT2D eigenvalue weighted by molar-refractivity contribution is -0.136. The minimum Gasteiger partial charge on any atom is -0.598 e. The van der Waals surface area contributed by atoms with Gasteiger partial charge in [-0.05, 0) is 31.4 Å². The lowest BCUT2D eigenvalue weighted by Crippen LogP contribution is -2.52. The van der Waals surface area contributed by atoms with Crippen LogP contribution in [-0.2, 0) is 30.7 Å². The summed E-state index contributed by atoms with van der Waals surface area (Å²) in [5.74, 6) is -0.902. The molecule has 1 N–H and O–H groups in total. The van der Waals surface area contributed by atoms with Crippen molar-refractivity contribution >= 4 is 28.1 Å². The van der Waals surface area contributed by atoms with Gasteiger partial charge >= 0.3 is 0 Å². The monoisotopic (exact) mass is 472 g/mol. The van der Waals surface area contributed by atoms with Gasteiger partial charge in [0.1, 0.15) is 22.7 Å². The van der Waals surface area contributed by atoms with Gasteiger partial charge in [0, 0.05) is 43.1 Å². The number of rotatable bonds is 4. The highest BCUT2D eigenvalue weighted by molar-refractivity contribution is 7.94. The summed E-state index contributed by atoms with van der Waals surface area (Å²) in [5.41, 5.74) is 2.77. The molecule has 3 aliphatic heterocycles. The fourth-order valence-corrected chi connectivity index (χ4v) is 5.72. The maximum atomic E-state index is 13.0. The van der Waals surface area contributed by atoms with Crippen LogP contribution in [0.2, 0.25) is 0 Å². The van der Waals surface area contributed by atoms with E-state index in [0.29, 0.717) is 43.6 Å². The lowest BCUT2D eigenvalue weighted by Gasteiger charge is -2.31. The van der Waals surface area contributed by atoms with E-state index in [0.717, 1.165) is 11.3 Å². The quantitative estimate of drug-likeness (QED) is 0.501. The molecule has 33 heavy (non-hydrogen) atoms. The van der Waals surface area contributed by atoms with Crippen LogP contribution in [0.3, 0.4) is 0 Å². The Morgan fingerprint density at radius 1 is 1.15 bits per heavy atom. The fourth-order valence-electron chi connectivity index (χ4n) is 4.85. The highest BCUT2D eigenvalue weighted by Crippen LogP contribution is 2.33. The van der Waals surface area contributed by atoms with E-state index >= 15 is 0 Å². The Morgan fingerprint density at radius 3 is 2.61 bits per heavy atom. The fraction of sp³-hybridized carbons (Fsp3) is 0.476. The molecule has 1 aromatic carbocycles. The van der Waals surface area contributed by atoms with Crippen molar-refractivity contribution in [3.8, 4) is 5.69 Å². The molecule has 12 heteroatoms. The molecule has 11 nitrogen and oxygen atoms in total. The van der Waals surface area contributed by atoms with Gasteiger partial charge in [0.05, 0.1) is 17.6 Å². The molecule has 2 fully saturated rings. The zero-order valence-electron chi connectivity index (χ0n) is 18.1. The molecule has 174 valence electrons. The number of piperidine rings is 2. The smallest absolute Gasteiger partial charge is 0.255 e. The van der Waals surface area contributed by atoms with Crippen molar-refractivity contribution in [3.05, 3.63) is 41.2 Å². The predicted octanol–water partition coefficient (Wildman–Crippen LogP) is 0.382. The van der Waals surface area contributed by atoms with Crippen molar-refractivity contribution in [1.82, 2.24) is 29.5 Å². The Kier molecular flexibility index (Phi) is 5.38. The van der Waals surface area contributed by atoms with Gasteiger partial charge in [0.15, 0.2) is 0 Å². The highest BCUT2D eigenvalue weighted by Gasteiger charge is 2.40. The number of nitrogens with one attached hydrogen (secondary N) is 1. The van der Waals surface area contributed by atoms with Crippen LogP contribution in [0.5, 0.6) is 0 Å². The first-order chi connectivity index (χ1) is 15.7. The van der Waals surface area contributed by atoms with Crippen molar-refractivity contribution in [1.29, 1.82) is 0 Å². The summed E-state index contributed by atoms with van der Waals surface area (Å²) < 4.78 is 26.6. The van der Waals surface area contributed by atoms with Gasteiger partial charge in [-0.2, -0.15) is 0 Å². The minimum absolute atomic E-state index is 0.107. The number of benzene rings is 1. The molecule has 0 spiro atoms. The Hall–Kier alpha value is -2.96. The molecule has 3 amide bonds. The van der Waals surface area contributed by atoms with Gasteiger partial charge in [-0.3, -0.25) is 19.7 Å². The molecule has 5 rings (SSSR count). The van der Waals surface area contributed by atoms with Gasteiger partial charge in [0.25, 0.3) is 5.91 Å². The van der Waals surface area contributed by atoms with Crippen molar-refractivity contribution in [3.63, 3.8) is 0 Å². The van der Waals surface area contributed by atoms with Crippen LogP contribution >= 0.6 is 0 Å². The largest absolute Gasteiger partial charge is 0.598 e. The highest BCUT2D eigenvalue weighted by atomic mass is 32.3. The number of fused-ring (bicyclic) bond motifs is 1. The van der Waals surface area contributed by atoms with Crippen molar-refractivity contribution in [2.45, 2.75) is 44.2 Å². The molecular formula is C21H24N6O5S. The Balaban J connectivity index is 1.36. The van der Waals surface area contributed by atoms with Crippen molar-refractivity contribution in [2.75, 3.05) is 19.3 Å². The summed E-state index contributed by atoms with van der Waals surface area (Å²) in [6.07, 6.45) is 4.89. The van der Waals surface area contributed by atoms with E-state index in [4.69, 9.17) is 0 Å². The van der Waals surface area contributed by atoms with E-state index < -0.39 is 22.3 Å². The third kappa shape index (κ3) is 3.98. The van der Waals surface area contributed by atoms with Crippen LogP contribution in [0.25, 0.3) is 5.69 Å². The Bertz CT molecular complexity index is 1180. The summed E-state index contributed by atoms with van der Waals surface area (Å²) in [5, 5.41) is 10.9. The number of nitrogens with zero attached hydrogens (tertiary/aromatic N) is 5. The van der Waals surface area contributed by atoms with Crippen LogP contribution in [0.1, 0.15) is 53.2 Å². The summed E-state index contributed by atoms with van der Waals surface area (Å²) in [4.78, 5) is 38.3. The molecule has 3 aliphatic rings. The second-order valence-electron chi connectivity index (χ2n) is 8.73. The molecule has 2 aromatic rings. The molecule has 0 radical (unpaired) electrons. The van der Waals surface area contributed by atoms with Gasteiger partial charge in [-0.15, -0.1) is 9.40 Å². The molecule has 4 heterocycles. The molecule has 2 atom stereocenters. The molecule has 1 aromatic heterocycles. The molecule has 0 aliphatic carbocycles. The van der Waals surface area contributed by atoms with E-state index in [1.165, 1.54) is 15.5 Å². The molecule has 2 unspecified atom stereocenters. The summed E-state index contributed by atoms with van der Waals surface area (Å²) in [6.45, 7) is 1.15. The number of sulfonamides is 1. The number of amides is 3. The lowest BCUT2D eigenvalue weighted by atomic mass is 9.95. The first-order valence-corrected chi connectivity index (χ1v) is 12.7. The van der Waals surface area contributed by atoms with Crippen LogP contribution < -0.4 is 5.32 Å². The predicted molar refractivity (Wildman–Crippen MR) is 116 cm³/mol. The first kappa shape index (κ1) is 21.9. The maximum Gasteiger partial charge on any atom is 0.255 e. The van der Waals surface area contributed by atoms with Gasteiger partial charge in [-0.1, -0.05) is 15.5 Å². The average Bonchev–Trinajstić information content (AvgIpc) is 3.39. The van der Waals surface area contributed by atoms with Crippen LogP contribution in [0.4, 0.5) is 0 Å². The number of carbonyl (C=O) groups is 3. The average molecular weight is 473 g/mol. The van der Waals surface area contributed by atoms with E-state index in [1.807, 2.05) is 12.3 Å². The second kappa shape index (κ2) is 8.12.